The van der Waals surface area contributed by atoms with Crippen LogP contribution in [-0.2, 0) is 9.53 Å². The SMILES string of the molecule is C=CCCOc1cccc(N(C(=O)CBr)C(=O)OC)c1. The quantitative estimate of drug-likeness (QED) is 0.453. The molecule has 5 nitrogen and oxygen atoms in total. The third-order valence-electron chi connectivity index (χ3n) is 2.39. The van der Waals surface area contributed by atoms with Crippen molar-refractivity contribution in [2.45, 2.75) is 6.42 Å². The first-order chi connectivity index (χ1) is 9.63. The lowest BCUT2D eigenvalue weighted by atomic mass is 10.2. The van der Waals surface area contributed by atoms with Crippen LogP contribution in [0.1, 0.15) is 6.42 Å². The summed E-state index contributed by atoms with van der Waals surface area (Å²) in [6.45, 7) is 4.09. The van der Waals surface area contributed by atoms with E-state index in [1.165, 1.54) is 7.11 Å². The molecule has 0 bridgehead atoms. The molecule has 6 heteroatoms. The van der Waals surface area contributed by atoms with Crippen molar-refractivity contribution in [1.29, 1.82) is 0 Å². The second kappa shape index (κ2) is 8.37. The molecule has 0 heterocycles. The summed E-state index contributed by atoms with van der Waals surface area (Å²) >= 11 is 3.04. The number of methoxy groups -OCH3 is 1. The predicted octanol–water partition coefficient (Wildman–Crippen LogP) is 3.14. The predicted molar refractivity (Wildman–Crippen MR) is 80.4 cm³/mol. The van der Waals surface area contributed by atoms with Gasteiger partial charge in [-0.3, -0.25) is 4.79 Å². The van der Waals surface area contributed by atoms with Gasteiger partial charge < -0.3 is 9.47 Å². The number of hydrogen-bond donors (Lipinski definition) is 0. The van der Waals surface area contributed by atoms with Crippen LogP contribution in [0, 0.1) is 0 Å². The Labute approximate surface area is 126 Å². The van der Waals surface area contributed by atoms with Crippen molar-refractivity contribution in [3.63, 3.8) is 0 Å². The molecule has 0 aliphatic carbocycles. The van der Waals surface area contributed by atoms with E-state index in [4.69, 9.17) is 4.74 Å². The van der Waals surface area contributed by atoms with Crippen LogP contribution in [0.15, 0.2) is 36.9 Å². The largest absolute Gasteiger partial charge is 0.493 e. The van der Waals surface area contributed by atoms with Gasteiger partial charge in [0.1, 0.15) is 5.75 Å². The molecule has 0 fully saturated rings. The Balaban J connectivity index is 2.96. The molecule has 0 aliphatic heterocycles. The Bertz CT molecular complexity index is 474. The third-order valence-corrected chi connectivity index (χ3v) is 2.87. The number of ether oxygens (including phenoxy) is 2. The fourth-order valence-corrected chi connectivity index (χ4v) is 1.73. The van der Waals surface area contributed by atoms with E-state index in [0.717, 1.165) is 4.90 Å². The molecule has 20 heavy (non-hydrogen) atoms. The van der Waals surface area contributed by atoms with Gasteiger partial charge in [-0.1, -0.05) is 28.1 Å². The number of amides is 2. The number of carbonyl (C=O) groups is 2. The molecule has 1 rings (SSSR count). The summed E-state index contributed by atoms with van der Waals surface area (Å²) < 4.78 is 10.1. The van der Waals surface area contributed by atoms with Crippen molar-refractivity contribution < 1.29 is 19.1 Å². The summed E-state index contributed by atoms with van der Waals surface area (Å²) in [5, 5.41) is 0.0175. The minimum absolute atomic E-state index is 0.0175. The van der Waals surface area contributed by atoms with E-state index in [-0.39, 0.29) is 5.33 Å². The third kappa shape index (κ3) is 4.38. The fourth-order valence-electron chi connectivity index (χ4n) is 1.47. The monoisotopic (exact) mass is 341 g/mol. The van der Waals surface area contributed by atoms with Crippen LogP contribution in [-0.4, -0.2) is 31.0 Å². The first kappa shape index (κ1) is 16.2. The van der Waals surface area contributed by atoms with Crippen molar-refractivity contribution in [3.05, 3.63) is 36.9 Å². The Kier molecular flexibility index (Phi) is 6.79. The van der Waals surface area contributed by atoms with E-state index in [2.05, 4.69) is 27.2 Å². The molecule has 0 atom stereocenters. The second-order valence-corrected chi connectivity index (χ2v) is 4.32. The molecule has 0 N–H and O–H groups in total. The lowest BCUT2D eigenvalue weighted by Crippen LogP contribution is -2.37. The topological polar surface area (TPSA) is 55.8 Å². The number of nitrogens with zero attached hydrogens (tertiary/aromatic N) is 1. The molecule has 108 valence electrons. The van der Waals surface area contributed by atoms with Gasteiger partial charge >= 0.3 is 6.09 Å². The average Bonchev–Trinajstić information content (AvgIpc) is 2.47. The lowest BCUT2D eigenvalue weighted by Gasteiger charge is -2.19. The highest BCUT2D eigenvalue weighted by Crippen LogP contribution is 2.22. The molecular formula is C14H16BrNO4. The van der Waals surface area contributed by atoms with E-state index in [9.17, 15) is 9.59 Å². The molecule has 0 spiro atoms. The van der Waals surface area contributed by atoms with Gasteiger partial charge in [-0.2, -0.15) is 0 Å². The smallest absolute Gasteiger partial charge is 0.420 e. The number of anilines is 1. The highest BCUT2D eigenvalue weighted by molar-refractivity contribution is 9.09. The molecule has 0 radical (unpaired) electrons. The molecule has 0 aliphatic rings. The zero-order valence-corrected chi connectivity index (χ0v) is 12.8. The van der Waals surface area contributed by atoms with E-state index < -0.39 is 12.0 Å². The highest BCUT2D eigenvalue weighted by atomic mass is 79.9. The van der Waals surface area contributed by atoms with Crippen LogP contribution in [0.4, 0.5) is 10.5 Å². The van der Waals surface area contributed by atoms with Gasteiger partial charge in [-0.05, 0) is 18.6 Å². The van der Waals surface area contributed by atoms with Gasteiger partial charge in [0.05, 0.1) is 24.7 Å². The number of alkyl halides is 1. The number of hydrogen-bond acceptors (Lipinski definition) is 4. The maximum Gasteiger partial charge on any atom is 0.420 e. The second-order valence-electron chi connectivity index (χ2n) is 3.76. The van der Waals surface area contributed by atoms with Gasteiger partial charge in [0.2, 0.25) is 5.91 Å². The van der Waals surface area contributed by atoms with E-state index in [1.54, 1.807) is 30.3 Å². The molecule has 0 saturated carbocycles. The first-order valence-electron chi connectivity index (χ1n) is 5.94. The van der Waals surface area contributed by atoms with Crippen LogP contribution >= 0.6 is 15.9 Å². The fraction of sp³-hybridized carbons (Fsp3) is 0.286. The first-order valence-corrected chi connectivity index (χ1v) is 7.06. The summed E-state index contributed by atoms with van der Waals surface area (Å²) in [7, 11) is 1.22. The van der Waals surface area contributed by atoms with E-state index in [1.807, 2.05) is 0 Å². The molecule has 0 unspecified atom stereocenters. The van der Waals surface area contributed by atoms with Crippen LogP contribution in [0.2, 0.25) is 0 Å². The van der Waals surface area contributed by atoms with Crippen LogP contribution < -0.4 is 9.64 Å². The van der Waals surface area contributed by atoms with Gasteiger partial charge in [-0.15, -0.1) is 6.58 Å². The molecule has 0 saturated heterocycles. The summed E-state index contributed by atoms with van der Waals surface area (Å²) in [4.78, 5) is 24.5. The molecule has 1 aromatic carbocycles. The summed E-state index contributed by atoms with van der Waals surface area (Å²) in [5.41, 5.74) is 0.400. The number of benzene rings is 1. The number of rotatable bonds is 6. The Morgan fingerprint density at radius 2 is 2.20 bits per heavy atom. The van der Waals surface area contributed by atoms with Crippen LogP contribution in [0.3, 0.4) is 0 Å². The summed E-state index contributed by atoms with van der Waals surface area (Å²) in [5.74, 6) is 0.153. The maximum atomic E-state index is 11.8. The number of carbonyl (C=O) groups excluding carboxylic acids is 2. The minimum atomic E-state index is -0.738. The van der Waals surface area contributed by atoms with Gasteiger partial charge in [0.25, 0.3) is 0 Å². The van der Waals surface area contributed by atoms with Crippen molar-refractivity contribution in [2.75, 3.05) is 23.9 Å². The van der Waals surface area contributed by atoms with Crippen molar-refractivity contribution in [2.24, 2.45) is 0 Å². The number of halogens is 1. The lowest BCUT2D eigenvalue weighted by molar-refractivity contribution is -0.115. The van der Waals surface area contributed by atoms with Crippen molar-refractivity contribution in [3.8, 4) is 5.75 Å². The normalized spacial score (nSPS) is 9.70. The molecule has 2 amide bonds. The van der Waals surface area contributed by atoms with Gasteiger partial charge in [0.15, 0.2) is 0 Å². The van der Waals surface area contributed by atoms with E-state index >= 15 is 0 Å². The van der Waals surface area contributed by atoms with E-state index in [0.29, 0.717) is 24.5 Å². The highest BCUT2D eigenvalue weighted by Gasteiger charge is 2.23. The van der Waals surface area contributed by atoms with Crippen LogP contribution in [0.5, 0.6) is 5.75 Å². The Morgan fingerprint density at radius 3 is 2.80 bits per heavy atom. The Morgan fingerprint density at radius 1 is 1.45 bits per heavy atom. The zero-order valence-electron chi connectivity index (χ0n) is 11.2. The molecular weight excluding hydrogens is 326 g/mol. The summed E-state index contributed by atoms with van der Waals surface area (Å²) in [6.07, 6.45) is 1.72. The minimum Gasteiger partial charge on any atom is -0.493 e. The van der Waals surface area contributed by atoms with Gasteiger partial charge in [-0.25, -0.2) is 9.69 Å². The van der Waals surface area contributed by atoms with Crippen molar-refractivity contribution >= 4 is 33.6 Å². The zero-order chi connectivity index (χ0) is 15.0. The number of imide groups is 1. The average molecular weight is 342 g/mol. The maximum absolute atomic E-state index is 11.8. The molecule has 0 aromatic heterocycles. The summed E-state index contributed by atoms with van der Waals surface area (Å²) in [6, 6.07) is 6.70. The standard InChI is InChI=1S/C14H16BrNO4/c1-3-4-8-20-12-7-5-6-11(9-12)16(13(17)10-15)14(18)19-2/h3,5-7,9H,1,4,8,10H2,2H3. The van der Waals surface area contributed by atoms with Gasteiger partial charge in [0, 0.05) is 6.07 Å². The van der Waals surface area contributed by atoms with Crippen molar-refractivity contribution in [1.82, 2.24) is 0 Å². The molecule has 1 aromatic rings. The van der Waals surface area contributed by atoms with Crippen LogP contribution in [0.25, 0.3) is 0 Å². The Hall–Kier alpha value is -1.82.